The predicted molar refractivity (Wildman–Crippen MR) is 56.3 cm³/mol. The summed E-state index contributed by atoms with van der Waals surface area (Å²) >= 11 is 7.16. The molecule has 0 aliphatic rings. The van der Waals surface area contributed by atoms with Crippen LogP contribution in [0.15, 0.2) is 18.2 Å². The summed E-state index contributed by atoms with van der Waals surface area (Å²) in [6.07, 6.45) is 0. The van der Waals surface area contributed by atoms with Gasteiger partial charge in [0.15, 0.2) is 0 Å². The van der Waals surface area contributed by atoms with Crippen LogP contribution in [0.2, 0.25) is 5.02 Å². The van der Waals surface area contributed by atoms with Crippen molar-refractivity contribution in [2.45, 2.75) is 0 Å². The van der Waals surface area contributed by atoms with Gasteiger partial charge in [0.05, 0.1) is 4.70 Å². The highest BCUT2D eigenvalue weighted by molar-refractivity contribution is 7.13. The Balaban J connectivity index is 0.000000720. The summed E-state index contributed by atoms with van der Waals surface area (Å²) in [6.45, 7) is 0. The van der Waals surface area contributed by atoms with Crippen LogP contribution >= 0.6 is 35.5 Å². The Kier molecular flexibility index (Phi) is 2.77. The zero-order valence-corrected chi connectivity index (χ0v) is 8.34. The number of halogens is 2. The molecule has 64 valence electrons. The van der Waals surface area contributed by atoms with Crippen molar-refractivity contribution >= 4 is 51.4 Å². The molecule has 1 heterocycles. The molecule has 0 aliphatic carbocycles. The number of nitrogens with two attached hydrogens (primary N) is 1. The van der Waals surface area contributed by atoms with Gasteiger partial charge in [0.1, 0.15) is 5.82 Å². The molecule has 0 aliphatic heterocycles. The molecular formula is C7H6Cl2N2S. The lowest BCUT2D eigenvalue weighted by Crippen LogP contribution is -1.82. The topological polar surface area (TPSA) is 38.9 Å². The normalized spacial score (nSPS) is 9.75. The highest BCUT2D eigenvalue weighted by Crippen LogP contribution is 2.26. The molecular weight excluding hydrogens is 215 g/mol. The van der Waals surface area contributed by atoms with E-state index in [9.17, 15) is 0 Å². The standard InChI is InChI=1S/C7H5ClN2S.ClH/c8-4-1-2-6-5(3-4)7(9)10-11-6;/h1-3H,(H2,9,10);1H. The molecule has 12 heavy (non-hydrogen) atoms. The number of aromatic nitrogens is 1. The second kappa shape index (κ2) is 3.47. The van der Waals surface area contributed by atoms with Gasteiger partial charge in [-0.1, -0.05) is 11.6 Å². The number of hydrogen-bond donors (Lipinski definition) is 1. The third-order valence-electron chi connectivity index (χ3n) is 1.46. The summed E-state index contributed by atoms with van der Waals surface area (Å²) in [5, 5.41) is 1.65. The lowest BCUT2D eigenvalue weighted by molar-refractivity contribution is 1.59. The van der Waals surface area contributed by atoms with E-state index in [1.165, 1.54) is 11.5 Å². The van der Waals surface area contributed by atoms with Crippen molar-refractivity contribution < 1.29 is 0 Å². The molecule has 0 saturated heterocycles. The minimum absolute atomic E-state index is 0. The Hall–Kier alpha value is -0.510. The monoisotopic (exact) mass is 220 g/mol. The average Bonchev–Trinajstić information content (AvgIpc) is 2.33. The van der Waals surface area contributed by atoms with Crippen LogP contribution in [0, 0.1) is 0 Å². The van der Waals surface area contributed by atoms with Crippen molar-refractivity contribution in [1.82, 2.24) is 4.37 Å². The molecule has 2 rings (SSSR count). The van der Waals surface area contributed by atoms with Crippen molar-refractivity contribution in [3.63, 3.8) is 0 Å². The predicted octanol–water partition coefficient (Wildman–Crippen LogP) is 2.95. The minimum atomic E-state index is 0. The third kappa shape index (κ3) is 1.48. The van der Waals surface area contributed by atoms with E-state index in [4.69, 9.17) is 17.3 Å². The lowest BCUT2D eigenvalue weighted by atomic mass is 10.3. The van der Waals surface area contributed by atoms with E-state index in [1.807, 2.05) is 18.2 Å². The largest absolute Gasteiger partial charge is 0.382 e. The van der Waals surface area contributed by atoms with Crippen molar-refractivity contribution in [1.29, 1.82) is 0 Å². The second-order valence-corrected chi connectivity index (χ2v) is 3.45. The Bertz CT molecular complexity index is 399. The van der Waals surface area contributed by atoms with Gasteiger partial charge in [-0.25, -0.2) is 0 Å². The van der Waals surface area contributed by atoms with E-state index >= 15 is 0 Å². The first-order chi connectivity index (χ1) is 5.27. The number of anilines is 1. The van der Waals surface area contributed by atoms with Crippen molar-refractivity contribution in [3.05, 3.63) is 23.2 Å². The number of nitrogens with zero attached hydrogens (tertiary/aromatic N) is 1. The molecule has 2 nitrogen and oxygen atoms in total. The SMILES string of the molecule is Cl.Nc1nsc2ccc(Cl)cc12. The number of hydrogen-bond acceptors (Lipinski definition) is 3. The molecule has 2 N–H and O–H groups in total. The molecule has 2 aromatic rings. The number of rotatable bonds is 0. The minimum Gasteiger partial charge on any atom is -0.382 e. The highest BCUT2D eigenvalue weighted by atomic mass is 35.5. The number of nitrogen functional groups attached to an aromatic ring is 1. The summed E-state index contributed by atoms with van der Waals surface area (Å²) in [5.74, 6) is 0.563. The van der Waals surface area contributed by atoms with Crippen LogP contribution in [0.4, 0.5) is 5.82 Å². The first-order valence-corrected chi connectivity index (χ1v) is 4.23. The Labute approximate surface area is 84.9 Å². The first-order valence-electron chi connectivity index (χ1n) is 3.08. The molecule has 5 heteroatoms. The second-order valence-electron chi connectivity index (χ2n) is 2.21. The van der Waals surface area contributed by atoms with Gasteiger partial charge >= 0.3 is 0 Å². The van der Waals surface area contributed by atoms with E-state index < -0.39 is 0 Å². The Morgan fingerprint density at radius 1 is 1.42 bits per heavy atom. The lowest BCUT2D eigenvalue weighted by Gasteiger charge is -1.89. The zero-order valence-electron chi connectivity index (χ0n) is 5.95. The summed E-state index contributed by atoms with van der Waals surface area (Å²) in [7, 11) is 0. The molecule has 0 bridgehead atoms. The van der Waals surface area contributed by atoms with Crippen LogP contribution in [-0.4, -0.2) is 4.37 Å². The van der Waals surface area contributed by atoms with E-state index in [1.54, 1.807) is 0 Å². The maximum absolute atomic E-state index is 5.77. The molecule has 0 spiro atoms. The van der Waals surface area contributed by atoms with Gasteiger partial charge in [0, 0.05) is 10.4 Å². The van der Waals surface area contributed by atoms with Crippen LogP contribution in [0.25, 0.3) is 10.1 Å². The van der Waals surface area contributed by atoms with E-state index in [0.29, 0.717) is 10.8 Å². The van der Waals surface area contributed by atoms with Crippen LogP contribution in [-0.2, 0) is 0 Å². The van der Waals surface area contributed by atoms with Gasteiger partial charge in [0.25, 0.3) is 0 Å². The zero-order chi connectivity index (χ0) is 7.84. The summed E-state index contributed by atoms with van der Waals surface area (Å²) in [4.78, 5) is 0. The van der Waals surface area contributed by atoms with E-state index in [0.717, 1.165) is 10.1 Å². The maximum atomic E-state index is 5.77. The third-order valence-corrected chi connectivity index (χ3v) is 2.54. The molecule has 0 fully saturated rings. The molecule has 0 amide bonds. The quantitative estimate of drug-likeness (QED) is 0.742. The fourth-order valence-electron chi connectivity index (χ4n) is 0.929. The molecule has 0 unspecified atom stereocenters. The van der Waals surface area contributed by atoms with Crippen molar-refractivity contribution in [2.75, 3.05) is 5.73 Å². The maximum Gasteiger partial charge on any atom is 0.145 e. The average molecular weight is 221 g/mol. The van der Waals surface area contributed by atoms with Gasteiger partial charge in [-0.15, -0.1) is 12.4 Å². The van der Waals surface area contributed by atoms with Crippen LogP contribution in [0.3, 0.4) is 0 Å². The summed E-state index contributed by atoms with van der Waals surface area (Å²) in [5.41, 5.74) is 5.59. The Morgan fingerprint density at radius 3 is 2.92 bits per heavy atom. The fourth-order valence-corrected chi connectivity index (χ4v) is 1.79. The van der Waals surface area contributed by atoms with E-state index in [-0.39, 0.29) is 12.4 Å². The molecule has 0 radical (unpaired) electrons. The van der Waals surface area contributed by atoms with Gasteiger partial charge in [-0.2, -0.15) is 4.37 Å². The van der Waals surface area contributed by atoms with Crippen LogP contribution in [0.5, 0.6) is 0 Å². The summed E-state index contributed by atoms with van der Waals surface area (Å²) in [6, 6.07) is 5.59. The summed E-state index contributed by atoms with van der Waals surface area (Å²) < 4.78 is 5.07. The first kappa shape index (κ1) is 9.58. The molecule has 1 aromatic carbocycles. The van der Waals surface area contributed by atoms with Crippen molar-refractivity contribution in [2.24, 2.45) is 0 Å². The molecule has 0 atom stereocenters. The molecule has 1 aromatic heterocycles. The highest BCUT2D eigenvalue weighted by Gasteiger charge is 2.01. The van der Waals surface area contributed by atoms with Crippen molar-refractivity contribution in [3.8, 4) is 0 Å². The fraction of sp³-hybridized carbons (Fsp3) is 0. The van der Waals surface area contributed by atoms with Gasteiger partial charge in [-0.3, -0.25) is 0 Å². The Morgan fingerprint density at radius 2 is 2.17 bits per heavy atom. The van der Waals surface area contributed by atoms with Gasteiger partial charge < -0.3 is 5.73 Å². The smallest absolute Gasteiger partial charge is 0.145 e. The molecule has 0 saturated carbocycles. The van der Waals surface area contributed by atoms with Gasteiger partial charge in [0.2, 0.25) is 0 Å². The van der Waals surface area contributed by atoms with Gasteiger partial charge in [-0.05, 0) is 29.7 Å². The number of fused-ring (bicyclic) bond motifs is 1. The number of benzene rings is 1. The van der Waals surface area contributed by atoms with Crippen LogP contribution < -0.4 is 5.73 Å². The van der Waals surface area contributed by atoms with E-state index in [2.05, 4.69) is 4.37 Å². The van der Waals surface area contributed by atoms with Crippen LogP contribution in [0.1, 0.15) is 0 Å².